The van der Waals surface area contributed by atoms with Crippen LogP contribution in [0.4, 0.5) is 0 Å². The number of hydrogen-bond acceptors (Lipinski definition) is 4. The summed E-state index contributed by atoms with van der Waals surface area (Å²) in [6.07, 6.45) is 11.6. The van der Waals surface area contributed by atoms with Gasteiger partial charge in [0.1, 0.15) is 6.10 Å². The summed E-state index contributed by atoms with van der Waals surface area (Å²) in [5.41, 5.74) is 0.316. The first-order valence-corrected chi connectivity index (χ1v) is 12.0. The molecule has 5 rings (SSSR count). The second-order valence-electron chi connectivity index (χ2n) is 10.3. The summed E-state index contributed by atoms with van der Waals surface area (Å²) in [6.45, 7) is 7.86. The molecule has 8 atom stereocenters. The number of alkyl halides is 1. The Bertz CT molecular complexity index is 686. The van der Waals surface area contributed by atoms with Crippen molar-refractivity contribution in [2.45, 2.75) is 76.0 Å². The van der Waals surface area contributed by atoms with Crippen LogP contribution in [-0.2, 0) is 19.0 Å². The molecule has 4 nitrogen and oxygen atoms in total. The van der Waals surface area contributed by atoms with Gasteiger partial charge in [0, 0.05) is 12.3 Å². The van der Waals surface area contributed by atoms with Crippen LogP contribution in [0.1, 0.15) is 59.3 Å². The minimum absolute atomic E-state index is 0.0389. The molecule has 0 aromatic carbocycles. The molecule has 1 spiro atoms. The van der Waals surface area contributed by atoms with Gasteiger partial charge >= 0.3 is 5.97 Å². The Labute approximate surface area is 176 Å². The second kappa shape index (κ2) is 6.55. The second-order valence-corrected chi connectivity index (χ2v) is 11.4. The zero-order valence-electron chi connectivity index (χ0n) is 17.3. The molecule has 3 saturated carbocycles. The van der Waals surface area contributed by atoms with Gasteiger partial charge in [-0.25, -0.2) is 0 Å². The van der Waals surface area contributed by atoms with E-state index < -0.39 is 5.79 Å². The molecule has 5 heteroatoms. The predicted octanol–water partition coefficient (Wildman–Crippen LogP) is 4.85. The van der Waals surface area contributed by atoms with Crippen LogP contribution in [0.5, 0.6) is 0 Å². The van der Waals surface area contributed by atoms with Crippen molar-refractivity contribution in [3.8, 4) is 0 Å². The summed E-state index contributed by atoms with van der Waals surface area (Å²) < 4.78 is 18.2. The molecule has 0 amide bonds. The Morgan fingerprint density at radius 1 is 1.11 bits per heavy atom. The van der Waals surface area contributed by atoms with Crippen LogP contribution >= 0.6 is 15.9 Å². The SMILES string of the molecule is CC(=O)OC1C=C[C@@]2(C)C(CCC3C2CC[C@@]2(C)C3CC(Br)C23OCCO3)C1. The highest BCUT2D eigenvalue weighted by Crippen LogP contribution is 2.69. The zero-order chi connectivity index (χ0) is 19.7. The number of rotatable bonds is 1. The highest BCUT2D eigenvalue weighted by Gasteiger charge is 2.70. The van der Waals surface area contributed by atoms with Crippen molar-refractivity contribution in [2.24, 2.45) is 34.5 Å². The fourth-order valence-corrected chi connectivity index (χ4v) is 9.13. The lowest BCUT2D eigenvalue weighted by atomic mass is 9.46. The highest BCUT2D eigenvalue weighted by molar-refractivity contribution is 9.09. The molecule has 28 heavy (non-hydrogen) atoms. The van der Waals surface area contributed by atoms with Gasteiger partial charge in [-0.2, -0.15) is 0 Å². The van der Waals surface area contributed by atoms with Crippen molar-refractivity contribution in [3.05, 3.63) is 12.2 Å². The summed E-state index contributed by atoms with van der Waals surface area (Å²) in [5, 5.41) is 0. The van der Waals surface area contributed by atoms with Crippen LogP contribution in [0, 0.1) is 34.5 Å². The van der Waals surface area contributed by atoms with Crippen molar-refractivity contribution in [2.75, 3.05) is 13.2 Å². The molecule has 1 aliphatic heterocycles. The number of carbonyl (C=O) groups excluding carboxylic acids is 1. The highest BCUT2D eigenvalue weighted by atomic mass is 79.9. The van der Waals surface area contributed by atoms with Gasteiger partial charge in [-0.3, -0.25) is 4.79 Å². The van der Waals surface area contributed by atoms with Crippen LogP contribution in [-0.4, -0.2) is 35.9 Å². The first-order valence-electron chi connectivity index (χ1n) is 11.1. The van der Waals surface area contributed by atoms with E-state index in [4.69, 9.17) is 14.2 Å². The van der Waals surface area contributed by atoms with Gasteiger partial charge < -0.3 is 14.2 Å². The van der Waals surface area contributed by atoms with E-state index in [0.717, 1.165) is 32.0 Å². The number of fused-ring (bicyclic) bond motifs is 6. The summed E-state index contributed by atoms with van der Waals surface area (Å²) in [7, 11) is 0. The molecular formula is C23H33BrO4. The topological polar surface area (TPSA) is 44.8 Å². The normalized spacial score (nSPS) is 51.4. The molecule has 1 heterocycles. The van der Waals surface area contributed by atoms with E-state index in [0.29, 0.717) is 17.8 Å². The maximum absolute atomic E-state index is 11.4. The van der Waals surface area contributed by atoms with E-state index in [1.807, 2.05) is 0 Å². The lowest BCUT2D eigenvalue weighted by molar-refractivity contribution is -0.241. The Morgan fingerprint density at radius 2 is 1.86 bits per heavy atom. The smallest absolute Gasteiger partial charge is 0.303 e. The van der Waals surface area contributed by atoms with Gasteiger partial charge in [0.2, 0.25) is 0 Å². The standard InChI is InChI=1S/C23H33BrO4/c1-14(25)28-16-6-8-21(2)15(12-16)4-5-17-18(21)7-9-22(3)19(17)13-20(24)23(22)26-10-11-27-23/h6,8,15-20H,4-5,7,9-13H2,1-3H3/t15?,16?,17?,18?,19?,20?,21-,22-/m0/s1. The monoisotopic (exact) mass is 452 g/mol. The van der Waals surface area contributed by atoms with Gasteiger partial charge in [-0.05, 0) is 73.7 Å². The van der Waals surface area contributed by atoms with Crippen LogP contribution in [0.25, 0.3) is 0 Å². The number of allylic oxidation sites excluding steroid dienone is 1. The van der Waals surface area contributed by atoms with Crippen LogP contribution < -0.4 is 0 Å². The van der Waals surface area contributed by atoms with Crippen molar-refractivity contribution >= 4 is 21.9 Å². The maximum Gasteiger partial charge on any atom is 0.303 e. The molecule has 5 aliphatic rings. The number of ether oxygens (including phenoxy) is 3. The minimum atomic E-state index is -0.427. The van der Waals surface area contributed by atoms with Crippen molar-refractivity contribution in [1.29, 1.82) is 0 Å². The third kappa shape index (κ3) is 2.51. The quantitative estimate of drug-likeness (QED) is 0.323. The average Bonchev–Trinajstić information content (AvgIpc) is 3.22. The average molecular weight is 453 g/mol. The van der Waals surface area contributed by atoms with E-state index in [1.54, 1.807) is 0 Å². The van der Waals surface area contributed by atoms with Gasteiger partial charge in [-0.1, -0.05) is 35.9 Å². The molecule has 0 aromatic heterocycles. The minimum Gasteiger partial charge on any atom is -0.458 e. The van der Waals surface area contributed by atoms with Crippen LogP contribution in [0.15, 0.2) is 12.2 Å². The van der Waals surface area contributed by atoms with Crippen LogP contribution in [0.3, 0.4) is 0 Å². The molecule has 6 unspecified atom stereocenters. The summed E-state index contributed by atoms with van der Waals surface area (Å²) >= 11 is 3.96. The number of esters is 1. The lowest BCUT2D eigenvalue weighted by Gasteiger charge is -2.60. The van der Waals surface area contributed by atoms with E-state index in [2.05, 4.69) is 41.9 Å². The van der Waals surface area contributed by atoms with E-state index in [1.165, 1.54) is 32.6 Å². The first kappa shape index (κ1) is 19.6. The molecule has 4 fully saturated rings. The molecule has 0 N–H and O–H groups in total. The van der Waals surface area contributed by atoms with E-state index in [-0.39, 0.29) is 27.7 Å². The Kier molecular flexibility index (Phi) is 4.58. The summed E-state index contributed by atoms with van der Waals surface area (Å²) in [5.74, 6) is 2.09. The van der Waals surface area contributed by atoms with Crippen molar-refractivity contribution < 1.29 is 19.0 Å². The Hall–Kier alpha value is -0.390. The van der Waals surface area contributed by atoms with Gasteiger partial charge in [0.15, 0.2) is 5.79 Å². The zero-order valence-corrected chi connectivity index (χ0v) is 18.9. The summed E-state index contributed by atoms with van der Waals surface area (Å²) in [4.78, 5) is 11.7. The predicted molar refractivity (Wildman–Crippen MR) is 110 cm³/mol. The Balaban J connectivity index is 1.43. The Morgan fingerprint density at radius 3 is 2.57 bits per heavy atom. The fourth-order valence-electron chi connectivity index (χ4n) is 7.94. The molecule has 156 valence electrons. The van der Waals surface area contributed by atoms with Gasteiger partial charge in [0.05, 0.1) is 18.0 Å². The fraction of sp³-hybridized carbons (Fsp3) is 0.870. The van der Waals surface area contributed by atoms with Crippen LogP contribution in [0.2, 0.25) is 0 Å². The lowest BCUT2D eigenvalue weighted by Crippen LogP contribution is -2.57. The van der Waals surface area contributed by atoms with E-state index >= 15 is 0 Å². The number of carbonyl (C=O) groups is 1. The molecule has 4 aliphatic carbocycles. The molecule has 0 radical (unpaired) electrons. The van der Waals surface area contributed by atoms with Gasteiger partial charge in [0.25, 0.3) is 0 Å². The van der Waals surface area contributed by atoms with Crippen molar-refractivity contribution in [3.63, 3.8) is 0 Å². The third-order valence-corrected chi connectivity index (χ3v) is 10.2. The molecular weight excluding hydrogens is 420 g/mol. The number of hydrogen-bond donors (Lipinski definition) is 0. The van der Waals surface area contributed by atoms with E-state index in [9.17, 15) is 4.79 Å². The first-order chi connectivity index (χ1) is 13.3. The maximum atomic E-state index is 11.4. The largest absolute Gasteiger partial charge is 0.458 e. The van der Waals surface area contributed by atoms with Crippen molar-refractivity contribution in [1.82, 2.24) is 0 Å². The van der Waals surface area contributed by atoms with Gasteiger partial charge in [-0.15, -0.1) is 0 Å². The number of halogens is 1. The summed E-state index contributed by atoms with van der Waals surface area (Å²) in [6, 6.07) is 0. The molecule has 0 bridgehead atoms. The molecule has 0 aromatic rings. The third-order valence-electron chi connectivity index (χ3n) is 9.24. The molecule has 1 saturated heterocycles.